The Bertz CT molecular complexity index is 969. The fraction of sp³-hybridized carbons (Fsp3) is 0.294. The van der Waals surface area contributed by atoms with Gasteiger partial charge in [-0.2, -0.15) is 5.10 Å². The number of nitrogens with zero attached hydrogens (tertiary/aromatic N) is 2. The lowest BCUT2D eigenvalue weighted by atomic mass is 10.2. The minimum atomic E-state index is -0.137. The second-order valence-corrected chi connectivity index (χ2v) is 7.47. The van der Waals surface area contributed by atoms with Crippen molar-refractivity contribution >= 4 is 51.0 Å². The second-order valence-electron chi connectivity index (χ2n) is 6.10. The minimum absolute atomic E-state index is 0. The number of fused-ring (bicyclic) bond motifs is 1. The van der Waals surface area contributed by atoms with Crippen molar-refractivity contribution in [1.29, 1.82) is 0 Å². The molecule has 1 fully saturated rings. The summed E-state index contributed by atoms with van der Waals surface area (Å²) in [7, 11) is 0. The van der Waals surface area contributed by atoms with E-state index in [9.17, 15) is 4.79 Å². The third-order valence-electron chi connectivity index (χ3n) is 4.47. The first-order valence-corrected chi connectivity index (χ1v) is 9.23. The van der Waals surface area contributed by atoms with Gasteiger partial charge in [0.25, 0.3) is 5.56 Å². The molecule has 3 aromatic rings. The molecule has 4 rings (SSSR count). The summed E-state index contributed by atoms with van der Waals surface area (Å²) in [6, 6.07) is 8.02. The molecule has 1 aromatic carbocycles. The lowest BCUT2D eigenvalue weighted by Crippen LogP contribution is -2.09. The van der Waals surface area contributed by atoms with Gasteiger partial charge in [0.2, 0.25) is 0 Å². The maximum atomic E-state index is 12.5. The van der Waals surface area contributed by atoms with Gasteiger partial charge in [0, 0.05) is 16.8 Å². The molecule has 0 radical (unpaired) electrons. The topological polar surface area (TPSA) is 161 Å². The van der Waals surface area contributed by atoms with E-state index in [2.05, 4.69) is 38.9 Å². The summed E-state index contributed by atoms with van der Waals surface area (Å²) in [6.45, 7) is 0. The zero-order valence-electron chi connectivity index (χ0n) is 14.6. The first-order chi connectivity index (χ1) is 11.6. The van der Waals surface area contributed by atoms with Crippen LogP contribution in [0.5, 0.6) is 0 Å². The smallest absolute Gasteiger partial charge is 0.261 e. The summed E-state index contributed by atoms with van der Waals surface area (Å²) >= 11 is 7.93. The largest absolute Gasteiger partial charge is 0.412 e. The van der Waals surface area contributed by atoms with E-state index in [1.165, 1.54) is 12.8 Å². The van der Waals surface area contributed by atoms with Crippen LogP contribution in [0.3, 0.4) is 0 Å². The second kappa shape index (κ2) is 9.38. The molecule has 1 saturated carbocycles. The van der Waals surface area contributed by atoms with E-state index in [1.54, 1.807) is 6.20 Å². The van der Waals surface area contributed by atoms with Crippen LogP contribution < -0.4 is 17.0 Å². The number of pyridine rings is 1. The van der Waals surface area contributed by atoms with E-state index >= 15 is 0 Å². The number of hydrogen-bond donors (Lipinski definition) is 4. The number of aromatic nitrogens is 3. The minimum Gasteiger partial charge on any atom is -0.412 e. The van der Waals surface area contributed by atoms with Crippen LogP contribution in [0.15, 0.2) is 44.6 Å². The van der Waals surface area contributed by atoms with Crippen LogP contribution in [0.2, 0.25) is 0 Å². The number of rotatable bonds is 3. The molecule has 0 spiro atoms. The highest BCUT2D eigenvalue weighted by molar-refractivity contribution is 9.10. The third kappa shape index (κ3) is 4.36. The average Bonchev–Trinajstić information content (AvgIpc) is 3.19. The van der Waals surface area contributed by atoms with Crippen LogP contribution in [0.1, 0.15) is 31.7 Å². The van der Waals surface area contributed by atoms with Gasteiger partial charge in [-0.15, -0.1) is 12.6 Å². The Balaban J connectivity index is 0.00000121. The molecule has 0 unspecified atom stereocenters. The van der Waals surface area contributed by atoms with Gasteiger partial charge in [0.15, 0.2) is 5.82 Å². The van der Waals surface area contributed by atoms with Gasteiger partial charge in [-0.05, 0) is 47.0 Å². The molecule has 1 aliphatic carbocycles. The van der Waals surface area contributed by atoms with Gasteiger partial charge in [0.05, 0.1) is 16.0 Å². The first kappa shape index (κ1) is 23.2. The number of H-pyrrole nitrogens is 1. The predicted molar refractivity (Wildman–Crippen MR) is 115 cm³/mol. The normalized spacial score (nSPS) is 13.6. The quantitative estimate of drug-likeness (QED) is 0.444. The van der Waals surface area contributed by atoms with Crippen molar-refractivity contribution in [1.82, 2.24) is 20.9 Å². The van der Waals surface area contributed by atoms with Crippen molar-refractivity contribution in [2.24, 2.45) is 0 Å². The maximum Gasteiger partial charge on any atom is 0.261 e. The maximum absolute atomic E-state index is 12.5. The van der Waals surface area contributed by atoms with Gasteiger partial charge in [-0.1, -0.05) is 18.9 Å². The summed E-state index contributed by atoms with van der Waals surface area (Å²) < 4.78 is 2.86. The molecule has 2 heterocycles. The average molecular weight is 458 g/mol. The molecule has 10 heteroatoms. The molecule has 8 nitrogen and oxygen atoms in total. The number of anilines is 2. The Morgan fingerprint density at radius 3 is 2.63 bits per heavy atom. The van der Waals surface area contributed by atoms with Crippen molar-refractivity contribution in [2.45, 2.75) is 36.6 Å². The standard InChI is InChI=1S/C17H17BrN4OS.H3N.2H2O/c18-13-9-19-17(23)14-15(13)22(11-5-1-2-6-11)21-16(14)20-10-4-3-7-12(24)8-10;;;/h3-4,7-9,11,24H,1-2,5-6H2,(H,19,23)(H,20,21);1H3;2*1H2. The van der Waals surface area contributed by atoms with E-state index < -0.39 is 0 Å². The monoisotopic (exact) mass is 457 g/mol. The lowest BCUT2D eigenvalue weighted by molar-refractivity contribution is 0.483. The number of aromatic amines is 1. The molecule has 0 aliphatic heterocycles. The molecule has 2 aromatic heterocycles. The highest BCUT2D eigenvalue weighted by Gasteiger charge is 2.24. The molecule has 0 amide bonds. The van der Waals surface area contributed by atoms with Crippen LogP contribution in [0, 0.1) is 0 Å². The zero-order valence-corrected chi connectivity index (χ0v) is 17.1. The Morgan fingerprint density at radius 1 is 1.26 bits per heavy atom. The molecule has 27 heavy (non-hydrogen) atoms. The Labute approximate surface area is 170 Å². The molecule has 0 atom stereocenters. The Kier molecular flexibility index (Phi) is 8.05. The van der Waals surface area contributed by atoms with Crippen molar-refractivity contribution in [3.63, 3.8) is 0 Å². The van der Waals surface area contributed by atoms with E-state index in [0.717, 1.165) is 33.4 Å². The van der Waals surface area contributed by atoms with Crippen molar-refractivity contribution in [3.8, 4) is 0 Å². The van der Waals surface area contributed by atoms with Gasteiger partial charge >= 0.3 is 0 Å². The number of thiol groups is 1. The summed E-state index contributed by atoms with van der Waals surface area (Å²) in [6.07, 6.45) is 6.30. The van der Waals surface area contributed by atoms with Crippen LogP contribution in [0.4, 0.5) is 11.5 Å². The van der Waals surface area contributed by atoms with Gasteiger partial charge < -0.3 is 27.4 Å². The van der Waals surface area contributed by atoms with Crippen molar-refractivity contribution < 1.29 is 11.0 Å². The molecule has 1 aliphatic rings. The third-order valence-corrected chi connectivity index (χ3v) is 5.36. The fourth-order valence-corrected chi connectivity index (χ4v) is 4.09. The number of halogens is 1. The Hall–Kier alpha value is -1.85. The van der Waals surface area contributed by atoms with Crippen LogP contribution in [-0.2, 0) is 0 Å². The van der Waals surface area contributed by atoms with Gasteiger partial charge in [-0.25, -0.2) is 0 Å². The highest BCUT2D eigenvalue weighted by Crippen LogP contribution is 2.36. The molecular formula is C17H24BrN5O3S. The molecule has 148 valence electrons. The summed E-state index contributed by atoms with van der Waals surface area (Å²) in [4.78, 5) is 16.1. The number of benzene rings is 1. The summed E-state index contributed by atoms with van der Waals surface area (Å²) in [5.74, 6) is 0.582. The van der Waals surface area contributed by atoms with E-state index in [4.69, 9.17) is 5.10 Å². The van der Waals surface area contributed by atoms with Gasteiger partial charge in [0.1, 0.15) is 5.39 Å². The molecular weight excluding hydrogens is 434 g/mol. The number of hydrogen-bond acceptors (Lipinski definition) is 5. The van der Waals surface area contributed by atoms with E-state index in [0.29, 0.717) is 17.2 Å². The van der Waals surface area contributed by atoms with Gasteiger partial charge in [-0.3, -0.25) is 9.48 Å². The van der Waals surface area contributed by atoms with Crippen molar-refractivity contribution in [3.05, 3.63) is 45.3 Å². The fourth-order valence-electron chi connectivity index (χ4n) is 3.37. The molecule has 0 bridgehead atoms. The molecule has 9 N–H and O–H groups in total. The predicted octanol–water partition coefficient (Wildman–Crippen LogP) is 3.15. The first-order valence-electron chi connectivity index (χ1n) is 7.99. The zero-order chi connectivity index (χ0) is 16.7. The SMILES string of the molecule is N.O.O.O=c1[nH]cc(Br)c2c1c(Nc1cccc(S)c1)nn2C1CCCC1. The summed E-state index contributed by atoms with van der Waals surface area (Å²) in [5, 5.41) is 8.61. The number of nitrogens with one attached hydrogen (secondary N) is 2. The van der Waals surface area contributed by atoms with Crippen LogP contribution in [0.25, 0.3) is 10.9 Å². The van der Waals surface area contributed by atoms with E-state index in [1.807, 2.05) is 28.9 Å². The highest BCUT2D eigenvalue weighted by atomic mass is 79.9. The molecule has 0 saturated heterocycles. The van der Waals surface area contributed by atoms with Crippen LogP contribution >= 0.6 is 28.6 Å². The van der Waals surface area contributed by atoms with Crippen molar-refractivity contribution in [2.75, 3.05) is 5.32 Å². The van der Waals surface area contributed by atoms with Crippen LogP contribution in [-0.4, -0.2) is 25.7 Å². The summed E-state index contributed by atoms with van der Waals surface area (Å²) in [5.41, 5.74) is 1.58. The lowest BCUT2D eigenvalue weighted by Gasteiger charge is -2.11. The van der Waals surface area contributed by atoms with E-state index in [-0.39, 0.29) is 22.7 Å². The Morgan fingerprint density at radius 2 is 1.96 bits per heavy atom.